The third kappa shape index (κ3) is 2.92. The number of hydrogen-bond donors (Lipinski definition) is 0. The predicted octanol–water partition coefficient (Wildman–Crippen LogP) is 2.31. The lowest BCUT2D eigenvalue weighted by Crippen LogP contribution is -2.42. The molecule has 0 spiro atoms. The highest BCUT2D eigenvalue weighted by molar-refractivity contribution is 5.76. The molecule has 0 atom stereocenters. The first kappa shape index (κ1) is 13.9. The normalized spacial score (nSPS) is 17.0. The zero-order chi connectivity index (χ0) is 14.0. The number of piperidine rings is 1. The maximum Gasteiger partial charge on any atom is 0.150 e. The van der Waals surface area contributed by atoms with Gasteiger partial charge in [-0.3, -0.25) is 4.79 Å². The van der Waals surface area contributed by atoms with Crippen molar-refractivity contribution in [3.8, 4) is 0 Å². The zero-order valence-corrected chi connectivity index (χ0v) is 11.2. The van der Waals surface area contributed by atoms with Crippen LogP contribution in [0.15, 0.2) is 12.1 Å². The van der Waals surface area contributed by atoms with E-state index in [-0.39, 0.29) is 11.3 Å². The van der Waals surface area contributed by atoms with Gasteiger partial charge in [-0.25, -0.2) is 8.78 Å². The van der Waals surface area contributed by atoms with E-state index in [1.807, 2.05) is 14.1 Å². The lowest BCUT2D eigenvalue weighted by molar-refractivity contribution is 0.112. The van der Waals surface area contributed by atoms with Gasteiger partial charge >= 0.3 is 0 Å². The first-order valence-electron chi connectivity index (χ1n) is 6.38. The molecule has 5 heteroatoms. The molecule has 104 valence electrons. The van der Waals surface area contributed by atoms with Crippen LogP contribution in [0.1, 0.15) is 23.2 Å². The van der Waals surface area contributed by atoms with Crippen LogP contribution in [0.2, 0.25) is 0 Å². The molecule has 1 heterocycles. The fourth-order valence-electron chi connectivity index (χ4n) is 2.56. The highest BCUT2D eigenvalue weighted by atomic mass is 19.1. The van der Waals surface area contributed by atoms with E-state index >= 15 is 0 Å². The second-order valence-electron chi connectivity index (χ2n) is 5.13. The summed E-state index contributed by atoms with van der Waals surface area (Å²) in [5, 5.41) is 0. The SMILES string of the molecule is CN(C)C1CCN(c2c(F)cc(C=O)cc2F)CC1. The lowest BCUT2D eigenvalue weighted by Gasteiger charge is -2.36. The maximum absolute atomic E-state index is 13.9. The summed E-state index contributed by atoms with van der Waals surface area (Å²) < 4.78 is 27.8. The smallest absolute Gasteiger partial charge is 0.150 e. The van der Waals surface area contributed by atoms with Crippen molar-refractivity contribution in [1.29, 1.82) is 0 Å². The molecule has 1 saturated heterocycles. The average Bonchev–Trinajstić information content (AvgIpc) is 2.38. The molecular formula is C14H18F2N2O. The topological polar surface area (TPSA) is 23.6 Å². The number of hydrogen-bond acceptors (Lipinski definition) is 3. The minimum absolute atomic E-state index is 0.0113. The Morgan fingerprint density at radius 3 is 2.16 bits per heavy atom. The van der Waals surface area contributed by atoms with Gasteiger partial charge in [-0.05, 0) is 39.1 Å². The quantitative estimate of drug-likeness (QED) is 0.786. The molecule has 0 aromatic heterocycles. The van der Waals surface area contributed by atoms with Gasteiger partial charge in [-0.15, -0.1) is 0 Å². The minimum Gasteiger partial charge on any atom is -0.367 e. The Hall–Kier alpha value is -1.49. The fourth-order valence-corrected chi connectivity index (χ4v) is 2.56. The van der Waals surface area contributed by atoms with Gasteiger partial charge in [-0.1, -0.05) is 0 Å². The minimum atomic E-state index is -0.662. The molecule has 0 N–H and O–H groups in total. The number of carbonyl (C=O) groups is 1. The molecule has 1 fully saturated rings. The zero-order valence-electron chi connectivity index (χ0n) is 11.2. The van der Waals surface area contributed by atoms with Crippen molar-refractivity contribution in [3.05, 3.63) is 29.3 Å². The van der Waals surface area contributed by atoms with Gasteiger partial charge in [0.2, 0.25) is 0 Å². The van der Waals surface area contributed by atoms with Crippen molar-refractivity contribution < 1.29 is 13.6 Å². The van der Waals surface area contributed by atoms with Gasteiger partial charge in [0.15, 0.2) is 0 Å². The maximum atomic E-state index is 13.9. The van der Waals surface area contributed by atoms with E-state index in [2.05, 4.69) is 4.90 Å². The van der Waals surface area contributed by atoms with E-state index in [1.165, 1.54) is 0 Å². The first-order valence-corrected chi connectivity index (χ1v) is 6.38. The van der Waals surface area contributed by atoms with Crippen LogP contribution in [0.25, 0.3) is 0 Å². The number of halogens is 2. The molecule has 1 aliphatic heterocycles. The van der Waals surface area contributed by atoms with E-state index in [0.29, 0.717) is 25.4 Å². The molecule has 0 aliphatic carbocycles. The van der Waals surface area contributed by atoms with E-state index < -0.39 is 11.6 Å². The second-order valence-corrected chi connectivity index (χ2v) is 5.13. The van der Waals surface area contributed by atoms with Crippen molar-refractivity contribution in [3.63, 3.8) is 0 Å². The Bertz CT molecular complexity index is 446. The second kappa shape index (κ2) is 5.65. The average molecular weight is 268 g/mol. The van der Waals surface area contributed by atoms with Crippen molar-refractivity contribution in [1.82, 2.24) is 4.90 Å². The summed E-state index contributed by atoms with van der Waals surface area (Å²) in [6.45, 7) is 1.24. The highest BCUT2D eigenvalue weighted by Crippen LogP contribution is 2.28. The Morgan fingerprint density at radius 2 is 1.74 bits per heavy atom. The number of rotatable bonds is 3. The van der Waals surface area contributed by atoms with Crippen molar-refractivity contribution in [2.24, 2.45) is 0 Å². The summed E-state index contributed by atoms with van der Waals surface area (Å²) >= 11 is 0. The highest BCUT2D eigenvalue weighted by Gasteiger charge is 2.25. The Labute approximate surface area is 111 Å². The summed E-state index contributed by atoms with van der Waals surface area (Å²) in [4.78, 5) is 14.4. The summed E-state index contributed by atoms with van der Waals surface area (Å²) in [6, 6.07) is 2.63. The third-order valence-electron chi connectivity index (χ3n) is 3.69. The van der Waals surface area contributed by atoms with Gasteiger partial charge in [-0.2, -0.15) is 0 Å². The molecule has 3 nitrogen and oxygen atoms in total. The van der Waals surface area contributed by atoms with Crippen molar-refractivity contribution in [2.45, 2.75) is 18.9 Å². The van der Waals surface area contributed by atoms with Gasteiger partial charge in [0.05, 0.1) is 0 Å². The van der Waals surface area contributed by atoms with Gasteiger partial charge in [0, 0.05) is 24.7 Å². The van der Waals surface area contributed by atoms with Crippen LogP contribution in [0.4, 0.5) is 14.5 Å². The number of anilines is 1. The Balaban J connectivity index is 2.18. The van der Waals surface area contributed by atoms with Crippen LogP contribution in [0.3, 0.4) is 0 Å². The molecule has 19 heavy (non-hydrogen) atoms. The first-order chi connectivity index (χ1) is 9.02. The molecule has 2 rings (SSSR count). The molecule has 0 unspecified atom stereocenters. The molecule has 0 radical (unpaired) electrons. The monoisotopic (exact) mass is 268 g/mol. The standard InChI is InChI=1S/C14H18F2N2O/c1-17(2)11-3-5-18(6-4-11)14-12(15)7-10(9-19)8-13(14)16/h7-9,11H,3-6H2,1-2H3. The number of carbonyl (C=O) groups excluding carboxylic acids is 1. The molecular weight excluding hydrogens is 250 g/mol. The molecule has 0 saturated carbocycles. The molecule has 1 aliphatic rings. The van der Waals surface area contributed by atoms with E-state index in [1.54, 1.807) is 4.90 Å². The third-order valence-corrected chi connectivity index (χ3v) is 3.69. The van der Waals surface area contributed by atoms with Crippen LogP contribution >= 0.6 is 0 Å². The molecule has 1 aromatic rings. The molecule has 1 aromatic carbocycles. The van der Waals surface area contributed by atoms with Gasteiger partial charge in [0.1, 0.15) is 23.6 Å². The van der Waals surface area contributed by atoms with Crippen molar-refractivity contribution >= 4 is 12.0 Å². The van der Waals surface area contributed by atoms with Crippen molar-refractivity contribution in [2.75, 3.05) is 32.1 Å². The van der Waals surface area contributed by atoms with E-state index in [4.69, 9.17) is 0 Å². The van der Waals surface area contributed by atoms with Crippen LogP contribution in [-0.2, 0) is 0 Å². The molecule has 0 bridgehead atoms. The van der Waals surface area contributed by atoms with Crippen LogP contribution in [0.5, 0.6) is 0 Å². The van der Waals surface area contributed by atoms with Crippen LogP contribution in [-0.4, -0.2) is 44.4 Å². The lowest BCUT2D eigenvalue weighted by atomic mass is 10.0. The van der Waals surface area contributed by atoms with Gasteiger partial charge < -0.3 is 9.80 Å². The number of aldehydes is 1. The van der Waals surface area contributed by atoms with E-state index in [0.717, 1.165) is 25.0 Å². The summed E-state index contributed by atoms with van der Waals surface area (Å²) in [5.41, 5.74) is 0.0183. The van der Waals surface area contributed by atoms with Gasteiger partial charge in [0.25, 0.3) is 0 Å². The number of nitrogens with zero attached hydrogens (tertiary/aromatic N) is 2. The fraction of sp³-hybridized carbons (Fsp3) is 0.500. The summed E-state index contributed by atoms with van der Waals surface area (Å²) in [5.74, 6) is -1.32. The summed E-state index contributed by atoms with van der Waals surface area (Å²) in [6.07, 6.45) is 2.21. The van der Waals surface area contributed by atoms with Crippen LogP contribution in [0, 0.1) is 11.6 Å². The summed E-state index contributed by atoms with van der Waals surface area (Å²) in [7, 11) is 4.03. The largest absolute Gasteiger partial charge is 0.367 e. The van der Waals surface area contributed by atoms with E-state index in [9.17, 15) is 13.6 Å². The van der Waals surface area contributed by atoms with Crippen LogP contribution < -0.4 is 4.90 Å². The Kier molecular flexibility index (Phi) is 4.14. The Morgan fingerprint density at radius 1 is 1.21 bits per heavy atom. The molecule has 0 amide bonds. The number of benzene rings is 1. The predicted molar refractivity (Wildman–Crippen MR) is 70.7 cm³/mol.